The van der Waals surface area contributed by atoms with Gasteiger partial charge in [0.15, 0.2) is 0 Å². The number of aromatic nitrogens is 4. The van der Waals surface area contributed by atoms with Gasteiger partial charge < -0.3 is 5.73 Å². The lowest BCUT2D eigenvalue weighted by molar-refractivity contribution is 0.838. The number of hydrogen-bond acceptors (Lipinski definition) is 4. The average Bonchev–Trinajstić information content (AvgIpc) is 3.26. The summed E-state index contributed by atoms with van der Waals surface area (Å²) >= 11 is 0. The number of anilines is 1. The molecular formula is C16H17N5O. The first kappa shape index (κ1) is 13.1. The molecule has 1 aliphatic rings. The third-order valence-corrected chi connectivity index (χ3v) is 4.23. The Kier molecular flexibility index (Phi) is 2.79. The molecule has 1 aromatic carbocycles. The lowest BCUT2D eigenvalue weighted by Crippen LogP contribution is -2.23. The van der Waals surface area contributed by atoms with Crippen LogP contribution in [0.15, 0.2) is 29.1 Å². The van der Waals surface area contributed by atoms with Gasteiger partial charge in [-0.2, -0.15) is 9.50 Å². The van der Waals surface area contributed by atoms with Gasteiger partial charge in [-0.1, -0.05) is 24.3 Å². The molecular weight excluding hydrogens is 278 g/mol. The van der Waals surface area contributed by atoms with Gasteiger partial charge in [-0.25, -0.2) is 4.98 Å². The second-order valence-electron chi connectivity index (χ2n) is 5.90. The number of fused-ring (bicyclic) bond motifs is 1. The first-order valence-electron chi connectivity index (χ1n) is 7.45. The van der Waals surface area contributed by atoms with E-state index in [-0.39, 0.29) is 11.5 Å². The average molecular weight is 295 g/mol. The van der Waals surface area contributed by atoms with Crippen LogP contribution in [-0.4, -0.2) is 19.6 Å². The molecule has 0 unspecified atom stereocenters. The van der Waals surface area contributed by atoms with Gasteiger partial charge in [0.05, 0.1) is 5.69 Å². The minimum absolute atomic E-state index is 0.0978. The first-order chi connectivity index (χ1) is 10.6. The number of hydrogen-bond donors (Lipinski definition) is 2. The first-order valence-corrected chi connectivity index (χ1v) is 7.45. The fourth-order valence-corrected chi connectivity index (χ4v) is 2.84. The molecule has 112 valence electrons. The van der Waals surface area contributed by atoms with Crippen LogP contribution < -0.4 is 11.3 Å². The monoisotopic (exact) mass is 295 g/mol. The Bertz CT molecular complexity index is 920. The van der Waals surface area contributed by atoms with Crippen LogP contribution in [0.25, 0.3) is 5.78 Å². The van der Waals surface area contributed by atoms with E-state index >= 15 is 0 Å². The normalized spacial score (nSPS) is 14.6. The van der Waals surface area contributed by atoms with E-state index in [0.29, 0.717) is 18.1 Å². The zero-order valence-corrected chi connectivity index (χ0v) is 12.3. The molecule has 3 aromatic rings. The zero-order valence-electron chi connectivity index (χ0n) is 12.3. The fourth-order valence-electron chi connectivity index (χ4n) is 2.84. The van der Waals surface area contributed by atoms with Crippen LogP contribution in [0.1, 0.15) is 41.1 Å². The summed E-state index contributed by atoms with van der Waals surface area (Å²) in [5.41, 5.74) is 9.53. The number of benzene rings is 1. The molecule has 2 heterocycles. The molecule has 1 saturated carbocycles. The van der Waals surface area contributed by atoms with E-state index in [9.17, 15) is 4.79 Å². The molecule has 0 radical (unpaired) electrons. The van der Waals surface area contributed by atoms with Crippen LogP contribution in [0.2, 0.25) is 0 Å². The highest BCUT2D eigenvalue weighted by Crippen LogP contribution is 2.40. The van der Waals surface area contributed by atoms with Crippen molar-refractivity contribution in [3.63, 3.8) is 0 Å². The smallest absolute Gasteiger partial charge is 0.277 e. The molecule has 22 heavy (non-hydrogen) atoms. The van der Waals surface area contributed by atoms with E-state index in [0.717, 1.165) is 29.7 Å². The highest BCUT2D eigenvalue weighted by atomic mass is 16.1. The fraction of sp³-hybridized carbons (Fsp3) is 0.312. The van der Waals surface area contributed by atoms with Gasteiger partial charge in [0.25, 0.3) is 11.3 Å². The topological polar surface area (TPSA) is 89.1 Å². The maximum Gasteiger partial charge on any atom is 0.277 e. The molecule has 6 nitrogen and oxygen atoms in total. The van der Waals surface area contributed by atoms with Crippen LogP contribution >= 0.6 is 0 Å². The molecule has 0 saturated heterocycles. The Morgan fingerprint density at radius 3 is 2.82 bits per heavy atom. The predicted octanol–water partition coefficient (Wildman–Crippen LogP) is 1.78. The molecule has 0 amide bonds. The van der Waals surface area contributed by atoms with Crippen LogP contribution in [0, 0.1) is 6.92 Å². The SMILES string of the molecule is Cc1ccccc1Cc1c(C2CC2)nc2nc(N)[nH]n2c1=O. The predicted molar refractivity (Wildman–Crippen MR) is 84.0 cm³/mol. The van der Waals surface area contributed by atoms with Gasteiger partial charge in [0.1, 0.15) is 0 Å². The summed E-state index contributed by atoms with van der Waals surface area (Å²) < 4.78 is 1.34. The number of nitrogen functional groups attached to an aromatic ring is 1. The number of H-pyrrole nitrogens is 1. The molecule has 1 aliphatic carbocycles. The molecule has 0 aliphatic heterocycles. The molecule has 4 rings (SSSR count). The number of rotatable bonds is 3. The minimum Gasteiger partial charge on any atom is -0.368 e. The van der Waals surface area contributed by atoms with E-state index in [1.807, 2.05) is 12.1 Å². The molecule has 6 heteroatoms. The summed E-state index contributed by atoms with van der Waals surface area (Å²) in [4.78, 5) is 21.5. The number of nitrogens with two attached hydrogens (primary N) is 1. The van der Waals surface area contributed by atoms with Gasteiger partial charge >= 0.3 is 0 Å². The second-order valence-corrected chi connectivity index (χ2v) is 5.90. The zero-order chi connectivity index (χ0) is 15.3. The van der Waals surface area contributed by atoms with Crippen molar-refractivity contribution >= 4 is 11.7 Å². The summed E-state index contributed by atoms with van der Waals surface area (Å²) in [5, 5.41) is 2.76. The van der Waals surface area contributed by atoms with Gasteiger partial charge in [-0.05, 0) is 30.9 Å². The van der Waals surface area contributed by atoms with Crippen molar-refractivity contribution in [1.82, 2.24) is 19.6 Å². The van der Waals surface area contributed by atoms with Gasteiger partial charge in [-0.15, -0.1) is 0 Å². The van der Waals surface area contributed by atoms with Crippen molar-refractivity contribution in [2.45, 2.75) is 32.1 Å². The van der Waals surface area contributed by atoms with Gasteiger partial charge in [-0.3, -0.25) is 9.89 Å². The molecule has 0 spiro atoms. The van der Waals surface area contributed by atoms with Crippen molar-refractivity contribution in [2.24, 2.45) is 0 Å². The Hall–Kier alpha value is -2.63. The van der Waals surface area contributed by atoms with Crippen LogP contribution in [0.4, 0.5) is 5.95 Å². The number of aromatic amines is 1. The summed E-state index contributed by atoms with van der Waals surface area (Å²) in [6.07, 6.45) is 2.76. The minimum atomic E-state index is -0.0978. The van der Waals surface area contributed by atoms with Crippen LogP contribution in [-0.2, 0) is 6.42 Å². The number of aryl methyl sites for hydroxylation is 1. The third kappa shape index (κ3) is 2.07. The molecule has 0 bridgehead atoms. The maximum absolute atomic E-state index is 12.8. The Morgan fingerprint density at radius 1 is 1.32 bits per heavy atom. The molecule has 3 N–H and O–H groups in total. The van der Waals surface area contributed by atoms with Crippen molar-refractivity contribution in [3.8, 4) is 0 Å². The van der Waals surface area contributed by atoms with E-state index in [1.54, 1.807) is 0 Å². The van der Waals surface area contributed by atoms with E-state index in [1.165, 1.54) is 10.1 Å². The van der Waals surface area contributed by atoms with E-state index in [2.05, 4.69) is 34.1 Å². The maximum atomic E-state index is 12.8. The highest BCUT2D eigenvalue weighted by molar-refractivity contribution is 5.41. The quantitative estimate of drug-likeness (QED) is 0.770. The van der Waals surface area contributed by atoms with Gasteiger partial charge in [0.2, 0.25) is 5.95 Å². The highest BCUT2D eigenvalue weighted by Gasteiger charge is 2.30. The lowest BCUT2D eigenvalue weighted by Gasteiger charge is -2.09. The standard InChI is InChI=1S/C16H17N5O/c1-9-4-2-3-5-11(9)8-12-13(10-6-7-10)18-16-19-15(17)20-21(16)14(12)22/h2-5,10H,6-8H2,1H3,(H3,17,18,19,20). The number of nitrogens with one attached hydrogen (secondary N) is 1. The Morgan fingerprint density at radius 2 is 2.09 bits per heavy atom. The largest absolute Gasteiger partial charge is 0.368 e. The van der Waals surface area contributed by atoms with E-state index in [4.69, 9.17) is 5.73 Å². The van der Waals surface area contributed by atoms with Crippen molar-refractivity contribution in [1.29, 1.82) is 0 Å². The molecule has 0 atom stereocenters. The second kappa shape index (κ2) is 4.69. The van der Waals surface area contributed by atoms with Crippen LogP contribution in [0.3, 0.4) is 0 Å². The summed E-state index contributed by atoms with van der Waals surface area (Å²) in [6.45, 7) is 2.06. The summed E-state index contributed by atoms with van der Waals surface area (Å²) in [5.74, 6) is 0.951. The third-order valence-electron chi connectivity index (χ3n) is 4.23. The molecule has 2 aromatic heterocycles. The van der Waals surface area contributed by atoms with Crippen molar-refractivity contribution < 1.29 is 0 Å². The Labute approximate surface area is 127 Å². The lowest BCUT2D eigenvalue weighted by atomic mass is 9.99. The number of nitrogens with zero attached hydrogens (tertiary/aromatic N) is 3. The van der Waals surface area contributed by atoms with Crippen LogP contribution in [0.5, 0.6) is 0 Å². The summed E-state index contributed by atoms with van der Waals surface area (Å²) in [7, 11) is 0. The van der Waals surface area contributed by atoms with Crippen molar-refractivity contribution in [2.75, 3.05) is 5.73 Å². The van der Waals surface area contributed by atoms with E-state index < -0.39 is 0 Å². The molecule has 1 fully saturated rings. The Balaban J connectivity index is 1.91. The summed E-state index contributed by atoms with van der Waals surface area (Å²) in [6, 6.07) is 8.12. The van der Waals surface area contributed by atoms with Crippen molar-refractivity contribution in [3.05, 3.63) is 57.0 Å². The van der Waals surface area contributed by atoms with Gasteiger partial charge in [0, 0.05) is 17.9 Å².